The molecule has 2 aromatic carbocycles. The molecule has 3 N–H and O–H groups in total. The fourth-order valence-electron chi connectivity index (χ4n) is 3.48. The van der Waals surface area contributed by atoms with Crippen molar-refractivity contribution in [3.05, 3.63) is 72.0 Å². The molecular formula is C24H25N3O5. The molecule has 166 valence electrons. The molecule has 0 unspecified atom stereocenters. The average Bonchev–Trinajstić information content (AvgIpc) is 3.19. The van der Waals surface area contributed by atoms with E-state index in [1.165, 1.54) is 30.3 Å². The van der Waals surface area contributed by atoms with Crippen LogP contribution in [0, 0.1) is 0 Å². The van der Waals surface area contributed by atoms with Crippen molar-refractivity contribution in [2.45, 2.75) is 12.8 Å². The third-order valence-corrected chi connectivity index (χ3v) is 5.26. The van der Waals surface area contributed by atoms with Crippen LogP contribution in [0.5, 0.6) is 5.75 Å². The molecule has 8 heteroatoms. The van der Waals surface area contributed by atoms with Gasteiger partial charge in [-0.2, -0.15) is 0 Å². The van der Waals surface area contributed by atoms with Gasteiger partial charge in [0.1, 0.15) is 23.7 Å². The van der Waals surface area contributed by atoms with E-state index in [9.17, 15) is 9.59 Å². The van der Waals surface area contributed by atoms with Gasteiger partial charge in [0.15, 0.2) is 0 Å². The lowest BCUT2D eigenvalue weighted by Gasteiger charge is -2.33. The van der Waals surface area contributed by atoms with Crippen molar-refractivity contribution in [1.82, 2.24) is 10.8 Å². The molecule has 1 saturated heterocycles. The number of benzene rings is 2. The summed E-state index contributed by atoms with van der Waals surface area (Å²) in [5.74, 6) is 0.584. The van der Waals surface area contributed by atoms with Crippen LogP contribution in [0.25, 0.3) is 11.0 Å². The van der Waals surface area contributed by atoms with Crippen LogP contribution in [-0.2, 0) is 11.2 Å². The molecule has 1 aliphatic rings. The van der Waals surface area contributed by atoms with Gasteiger partial charge in [0, 0.05) is 36.1 Å². The van der Waals surface area contributed by atoms with Gasteiger partial charge in [-0.3, -0.25) is 14.8 Å². The number of nitrogens with one attached hydrogen (secondary N) is 2. The first kappa shape index (κ1) is 21.5. The highest BCUT2D eigenvalue weighted by Gasteiger charge is 2.18. The van der Waals surface area contributed by atoms with Gasteiger partial charge in [-0.1, -0.05) is 12.1 Å². The summed E-state index contributed by atoms with van der Waals surface area (Å²) in [5, 5.41) is 12.5. The molecule has 2 amide bonds. The summed E-state index contributed by atoms with van der Waals surface area (Å²) >= 11 is 0. The largest absolute Gasteiger partial charge is 0.492 e. The molecule has 0 radical (unpaired) electrons. The van der Waals surface area contributed by atoms with E-state index in [1.807, 2.05) is 12.1 Å². The molecule has 32 heavy (non-hydrogen) atoms. The van der Waals surface area contributed by atoms with Gasteiger partial charge in [0.25, 0.3) is 5.91 Å². The van der Waals surface area contributed by atoms with Gasteiger partial charge in [0.2, 0.25) is 5.91 Å². The number of hydrogen-bond acceptors (Lipinski definition) is 6. The molecule has 1 aromatic heterocycles. The van der Waals surface area contributed by atoms with Gasteiger partial charge in [0.05, 0.1) is 6.54 Å². The summed E-state index contributed by atoms with van der Waals surface area (Å²) in [6, 6.07) is 14.4. The minimum absolute atomic E-state index is 0.207. The molecule has 1 aliphatic heterocycles. The standard InChI is InChI=1S/C24H25N3O5/c28-23(25-12-15-31-18-10-8-17(9-11-18)24(29)26-30)7-1-4-19-16-20-21(27-13-3-14-27)5-2-6-22(20)32-19/h1-2,5-11,16,30H,3-4,12-15H2,(H,25,28)(H,26,29). The van der Waals surface area contributed by atoms with Crippen molar-refractivity contribution < 1.29 is 24.0 Å². The first-order valence-electron chi connectivity index (χ1n) is 10.5. The van der Waals surface area contributed by atoms with E-state index in [0.717, 1.165) is 29.8 Å². The van der Waals surface area contributed by atoms with Crippen LogP contribution in [-0.4, -0.2) is 43.3 Å². The van der Waals surface area contributed by atoms with Crippen LogP contribution in [0.1, 0.15) is 22.5 Å². The first-order valence-corrected chi connectivity index (χ1v) is 10.5. The van der Waals surface area contributed by atoms with E-state index < -0.39 is 5.91 Å². The predicted molar refractivity (Wildman–Crippen MR) is 120 cm³/mol. The summed E-state index contributed by atoms with van der Waals surface area (Å²) in [7, 11) is 0. The lowest BCUT2D eigenvalue weighted by Crippen LogP contribution is -2.36. The number of nitrogens with zero attached hydrogens (tertiary/aromatic N) is 1. The average molecular weight is 435 g/mol. The maximum absolute atomic E-state index is 12.0. The lowest BCUT2D eigenvalue weighted by atomic mass is 10.1. The monoisotopic (exact) mass is 435 g/mol. The highest BCUT2D eigenvalue weighted by molar-refractivity contribution is 5.93. The molecule has 0 saturated carbocycles. The molecule has 1 fully saturated rings. The van der Waals surface area contributed by atoms with Gasteiger partial charge < -0.3 is 19.4 Å². The van der Waals surface area contributed by atoms with Crippen LogP contribution in [0.3, 0.4) is 0 Å². The molecular weight excluding hydrogens is 410 g/mol. The molecule has 0 spiro atoms. The fraction of sp³-hybridized carbons (Fsp3) is 0.250. The predicted octanol–water partition coefficient (Wildman–Crippen LogP) is 3.06. The maximum atomic E-state index is 12.0. The Morgan fingerprint density at radius 1 is 1.16 bits per heavy atom. The Morgan fingerprint density at radius 3 is 2.69 bits per heavy atom. The van der Waals surface area contributed by atoms with Gasteiger partial charge in [-0.15, -0.1) is 0 Å². The second-order valence-corrected chi connectivity index (χ2v) is 7.45. The summed E-state index contributed by atoms with van der Waals surface area (Å²) in [5.41, 5.74) is 3.96. The number of ether oxygens (including phenoxy) is 1. The zero-order valence-electron chi connectivity index (χ0n) is 17.5. The topological polar surface area (TPSA) is 104 Å². The van der Waals surface area contributed by atoms with Crippen molar-refractivity contribution in [3.8, 4) is 5.75 Å². The number of anilines is 1. The Morgan fingerprint density at radius 2 is 1.97 bits per heavy atom. The SMILES string of the molecule is O=C(C=CCc1cc2c(N3CCC3)cccc2o1)NCCOc1ccc(C(=O)NO)cc1. The van der Waals surface area contributed by atoms with E-state index in [4.69, 9.17) is 14.4 Å². The zero-order chi connectivity index (χ0) is 22.3. The Bertz CT molecular complexity index is 1120. The fourth-order valence-corrected chi connectivity index (χ4v) is 3.48. The van der Waals surface area contributed by atoms with Crippen LogP contribution >= 0.6 is 0 Å². The minimum atomic E-state index is -0.588. The Hall–Kier alpha value is -3.78. The van der Waals surface area contributed by atoms with Crippen LogP contribution in [0.4, 0.5) is 5.69 Å². The van der Waals surface area contributed by atoms with E-state index in [-0.39, 0.29) is 12.5 Å². The van der Waals surface area contributed by atoms with E-state index >= 15 is 0 Å². The molecule has 8 nitrogen and oxygen atoms in total. The van der Waals surface area contributed by atoms with Crippen molar-refractivity contribution >= 4 is 28.5 Å². The number of hydrogen-bond donors (Lipinski definition) is 3. The van der Waals surface area contributed by atoms with Crippen LogP contribution in [0.2, 0.25) is 0 Å². The van der Waals surface area contributed by atoms with Crippen molar-refractivity contribution in [2.24, 2.45) is 0 Å². The minimum Gasteiger partial charge on any atom is -0.492 e. The summed E-state index contributed by atoms with van der Waals surface area (Å²) < 4.78 is 11.4. The molecule has 2 heterocycles. The molecule has 0 aliphatic carbocycles. The molecule has 3 aromatic rings. The van der Waals surface area contributed by atoms with E-state index in [1.54, 1.807) is 23.7 Å². The second-order valence-electron chi connectivity index (χ2n) is 7.45. The van der Waals surface area contributed by atoms with Gasteiger partial charge in [-0.25, -0.2) is 5.48 Å². The highest BCUT2D eigenvalue weighted by Crippen LogP contribution is 2.32. The number of amides is 2. The molecule has 0 bridgehead atoms. The number of rotatable bonds is 9. The Balaban J connectivity index is 1.21. The smallest absolute Gasteiger partial charge is 0.274 e. The maximum Gasteiger partial charge on any atom is 0.274 e. The third-order valence-electron chi connectivity index (χ3n) is 5.26. The van der Waals surface area contributed by atoms with Crippen LogP contribution in [0.15, 0.2) is 65.1 Å². The Kier molecular flexibility index (Phi) is 6.72. The quantitative estimate of drug-likeness (QED) is 0.207. The zero-order valence-corrected chi connectivity index (χ0v) is 17.5. The van der Waals surface area contributed by atoms with Gasteiger partial charge >= 0.3 is 0 Å². The van der Waals surface area contributed by atoms with E-state index in [2.05, 4.69) is 22.3 Å². The lowest BCUT2D eigenvalue weighted by molar-refractivity contribution is -0.116. The van der Waals surface area contributed by atoms with Crippen molar-refractivity contribution in [3.63, 3.8) is 0 Å². The van der Waals surface area contributed by atoms with E-state index in [0.29, 0.717) is 24.3 Å². The normalized spacial score (nSPS) is 13.2. The number of carbonyl (C=O) groups is 2. The highest BCUT2D eigenvalue weighted by atomic mass is 16.5. The summed E-state index contributed by atoms with van der Waals surface area (Å²) in [6.07, 6.45) is 5.03. The Labute approximate surface area is 185 Å². The number of furan rings is 1. The van der Waals surface area contributed by atoms with Gasteiger partial charge in [-0.05, 0) is 55.0 Å². The molecule has 4 rings (SSSR count). The third kappa shape index (κ3) is 5.09. The number of allylic oxidation sites excluding steroid dienone is 1. The first-order chi connectivity index (χ1) is 15.6. The number of hydroxylamine groups is 1. The van der Waals surface area contributed by atoms with Crippen LogP contribution < -0.4 is 20.4 Å². The van der Waals surface area contributed by atoms with Crippen molar-refractivity contribution in [1.29, 1.82) is 0 Å². The molecule has 0 atom stereocenters. The van der Waals surface area contributed by atoms with Crippen molar-refractivity contribution in [2.75, 3.05) is 31.1 Å². The second kappa shape index (κ2) is 10.0. The number of fused-ring (bicyclic) bond motifs is 1. The number of carbonyl (C=O) groups excluding carboxylic acids is 2. The summed E-state index contributed by atoms with van der Waals surface area (Å²) in [4.78, 5) is 25.6. The summed E-state index contributed by atoms with van der Waals surface area (Å²) in [6.45, 7) is 2.78.